The van der Waals surface area contributed by atoms with E-state index in [-0.39, 0.29) is 0 Å². The Morgan fingerprint density at radius 1 is 1.32 bits per heavy atom. The molecule has 0 radical (unpaired) electrons. The summed E-state index contributed by atoms with van der Waals surface area (Å²) in [7, 11) is 0. The third-order valence-electron chi connectivity index (χ3n) is 3.87. The molecule has 5 heteroatoms. The Hall–Kier alpha value is -3.00. The molecule has 106 valence electrons. The number of imidazole rings is 1. The Morgan fingerprint density at radius 2 is 2.18 bits per heavy atom. The summed E-state index contributed by atoms with van der Waals surface area (Å²) in [5.74, 6) is 0.880. The average Bonchev–Trinajstić information content (AvgIpc) is 3.34. The smallest absolute Gasteiger partial charge is 0.143 e. The van der Waals surface area contributed by atoms with Crippen LogP contribution in [0.2, 0.25) is 0 Å². The molecule has 0 aliphatic heterocycles. The number of rotatable bonds is 3. The van der Waals surface area contributed by atoms with Gasteiger partial charge in [-0.25, -0.2) is 4.98 Å². The molecule has 1 aliphatic rings. The number of nitrogens with zero attached hydrogens (tertiary/aromatic N) is 5. The van der Waals surface area contributed by atoms with Crippen molar-refractivity contribution >= 4 is 17.1 Å². The molecule has 1 aliphatic carbocycles. The molecule has 0 bridgehead atoms. The lowest BCUT2D eigenvalue weighted by molar-refractivity contribution is 0.774. The first-order valence-corrected chi connectivity index (χ1v) is 7.18. The Labute approximate surface area is 127 Å². The summed E-state index contributed by atoms with van der Waals surface area (Å²) >= 11 is 0. The number of fused-ring (bicyclic) bond motifs is 1. The van der Waals surface area contributed by atoms with Crippen LogP contribution in [0, 0.1) is 11.3 Å². The van der Waals surface area contributed by atoms with Crippen LogP contribution in [0.25, 0.3) is 28.5 Å². The normalized spacial score (nSPS) is 14.0. The zero-order chi connectivity index (χ0) is 15.1. The van der Waals surface area contributed by atoms with Crippen molar-refractivity contribution in [2.24, 2.45) is 0 Å². The third kappa shape index (κ3) is 1.97. The van der Waals surface area contributed by atoms with Crippen LogP contribution < -0.4 is 0 Å². The van der Waals surface area contributed by atoms with E-state index in [1.165, 1.54) is 0 Å². The zero-order valence-electron chi connectivity index (χ0n) is 11.9. The van der Waals surface area contributed by atoms with Crippen molar-refractivity contribution in [3.05, 3.63) is 48.3 Å². The molecule has 5 nitrogen and oxygen atoms in total. The number of aromatic nitrogens is 4. The molecule has 1 saturated carbocycles. The van der Waals surface area contributed by atoms with Gasteiger partial charge in [-0.1, -0.05) is 6.58 Å². The highest BCUT2D eigenvalue weighted by molar-refractivity contribution is 5.82. The molecule has 2 heterocycles. The lowest BCUT2D eigenvalue weighted by atomic mass is 10.2. The van der Waals surface area contributed by atoms with Gasteiger partial charge in [-0.15, -0.1) is 0 Å². The van der Waals surface area contributed by atoms with E-state index in [4.69, 9.17) is 10.2 Å². The summed E-state index contributed by atoms with van der Waals surface area (Å²) in [6.45, 7) is 3.74. The summed E-state index contributed by atoms with van der Waals surface area (Å²) in [5, 5.41) is 17.2. The van der Waals surface area contributed by atoms with E-state index in [9.17, 15) is 0 Å². The van der Waals surface area contributed by atoms with Crippen LogP contribution in [-0.4, -0.2) is 19.7 Å². The van der Waals surface area contributed by atoms with Crippen LogP contribution in [0.1, 0.15) is 30.1 Å². The van der Waals surface area contributed by atoms with E-state index in [2.05, 4.69) is 27.4 Å². The first kappa shape index (κ1) is 12.7. The van der Waals surface area contributed by atoms with Gasteiger partial charge in [0.25, 0.3) is 0 Å². The van der Waals surface area contributed by atoms with Crippen LogP contribution in [-0.2, 0) is 0 Å². The zero-order valence-corrected chi connectivity index (χ0v) is 11.9. The molecule has 0 amide bonds. The SMILES string of the molecule is C=Cc1cc(-c2nc3ccc(C#N)cc3n2C2CC2)cnn1. The fraction of sp³-hybridized carbons (Fsp3) is 0.176. The molecule has 22 heavy (non-hydrogen) atoms. The van der Waals surface area contributed by atoms with Gasteiger partial charge >= 0.3 is 0 Å². The Balaban J connectivity index is 1.98. The molecule has 3 aromatic rings. The average molecular weight is 287 g/mol. The van der Waals surface area contributed by atoms with Gasteiger partial charge < -0.3 is 4.57 Å². The highest BCUT2D eigenvalue weighted by Crippen LogP contribution is 2.41. The second-order valence-corrected chi connectivity index (χ2v) is 5.43. The van der Waals surface area contributed by atoms with Crippen molar-refractivity contribution < 1.29 is 0 Å². The van der Waals surface area contributed by atoms with Crippen molar-refractivity contribution in [3.8, 4) is 17.5 Å². The molecule has 1 fully saturated rings. The van der Waals surface area contributed by atoms with Gasteiger partial charge in [0.1, 0.15) is 5.82 Å². The minimum absolute atomic E-state index is 0.453. The van der Waals surface area contributed by atoms with Gasteiger partial charge in [-0.2, -0.15) is 15.5 Å². The second-order valence-electron chi connectivity index (χ2n) is 5.43. The summed E-state index contributed by atoms with van der Waals surface area (Å²) in [4.78, 5) is 4.75. The highest BCUT2D eigenvalue weighted by atomic mass is 15.1. The number of benzene rings is 1. The second kappa shape index (κ2) is 4.78. The number of nitriles is 1. The predicted octanol–water partition coefficient (Wildman–Crippen LogP) is 3.34. The molecule has 0 spiro atoms. The maximum absolute atomic E-state index is 9.13. The quantitative estimate of drug-likeness (QED) is 0.741. The van der Waals surface area contributed by atoms with Gasteiger partial charge in [0.2, 0.25) is 0 Å². The van der Waals surface area contributed by atoms with Crippen LogP contribution in [0.15, 0.2) is 37.0 Å². The van der Waals surface area contributed by atoms with E-state index in [0.717, 1.165) is 41.0 Å². The highest BCUT2D eigenvalue weighted by Gasteiger charge is 2.29. The minimum Gasteiger partial charge on any atom is -0.321 e. The predicted molar refractivity (Wildman–Crippen MR) is 83.8 cm³/mol. The first-order chi connectivity index (χ1) is 10.8. The van der Waals surface area contributed by atoms with Gasteiger partial charge in [0.15, 0.2) is 0 Å². The van der Waals surface area contributed by atoms with E-state index < -0.39 is 0 Å². The van der Waals surface area contributed by atoms with Crippen LogP contribution in [0.3, 0.4) is 0 Å². The number of hydrogen-bond donors (Lipinski definition) is 0. The molecule has 0 N–H and O–H groups in total. The minimum atomic E-state index is 0.453. The lowest BCUT2D eigenvalue weighted by Gasteiger charge is -2.07. The summed E-state index contributed by atoms with van der Waals surface area (Å²) in [6.07, 6.45) is 5.68. The molecule has 1 aromatic carbocycles. The maximum atomic E-state index is 9.13. The van der Waals surface area contributed by atoms with Crippen LogP contribution in [0.4, 0.5) is 0 Å². The molecule has 0 atom stereocenters. The Kier molecular flexibility index (Phi) is 2.76. The van der Waals surface area contributed by atoms with Crippen LogP contribution >= 0.6 is 0 Å². The summed E-state index contributed by atoms with van der Waals surface area (Å²) in [5.41, 5.74) is 4.21. The Morgan fingerprint density at radius 3 is 2.91 bits per heavy atom. The lowest BCUT2D eigenvalue weighted by Crippen LogP contribution is -1.99. The monoisotopic (exact) mass is 287 g/mol. The standard InChI is InChI=1S/C17H13N5/c1-2-13-8-12(10-19-21-13)17-20-15-6-3-11(9-18)7-16(15)22(17)14-4-5-14/h2-3,6-8,10,14H,1,4-5H2. The van der Waals surface area contributed by atoms with Crippen molar-refractivity contribution in [1.29, 1.82) is 5.26 Å². The van der Waals surface area contributed by atoms with E-state index >= 15 is 0 Å². The van der Waals surface area contributed by atoms with Crippen molar-refractivity contribution in [3.63, 3.8) is 0 Å². The van der Waals surface area contributed by atoms with Gasteiger partial charge in [0, 0.05) is 11.6 Å². The van der Waals surface area contributed by atoms with Gasteiger partial charge in [-0.05, 0) is 43.2 Å². The third-order valence-corrected chi connectivity index (χ3v) is 3.87. The molecular weight excluding hydrogens is 274 g/mol. The van der Waals surface area contributed by atoms with Gasteiger partial charge in [0.05, 0.1) is 34.6 Å². The number of hydrogen-bond acceptors (Lipinski definition) is 4. The topological polar surface area (TPSA) is 67.4 Å². The first-order valence-electron chi connectivity index (χ1n) is 7.18. The van der Waals surface area contributed by atoms with Crippen molar-refractivity contribution in [2.75, 3.05) is 0 Å². The van der Waals surface area contributed by atoms with E-state index in [0.29, 0.717) is 11.6 Å². The van der Waals surface area contributed by atoms with E-state index in [1.54, 1.807) is 18.3 Å². The summed E-state index contributed by atoms with van der Waals surface area (Å²) < 4.78 is 2.22. The molecular formula is C17H13N5. The van der Waals surface area contributed by atoms with Crippen LogP contribution in [0.5, 0.6) is 0 Å². The van der Waals surface area contributed by atoms with Crippen molar-refractivity contribution in [1.82, 2.24) is 19.7 Å². The molecule has 4 rings (SSSR count). The molecule has 0 unspecified atom stereocenters. The maximum Gasteiger partial charge on any atom is 0.143 e. The largest absolute Gasteiger partial charge is 0.321 e. The fourth-order valence-corrected chi connectivity index (χ4v) is 2.67. The molecule has 2 aromatic heterocycles. The van der Waals surface area contributed by atoms with E-state index in [1.807, 2.05) is 18.2 Å². The fourth-order valence-electron chi connectivity index (χ4n) is 2.67. The van der Waals surface area contributed by atoms with Crippen molar-refractivity contribution in [2.45, 2.75) is 18.9 Å². The Bertz CT molecular complexity index is 928. The van der Waals surface area contributed by atoms with Gasteiger partial charge in [-0.3, -0.25) is 0 Å². The summed E-state index contributed by atoms with van der Waals surface area (Å²) in [6, 6.07) is 10.2. The molecule has 0 saturated heterocycles.